The maximum Gasteiger partial charge on any atom is 0.323 e. The van der Waals surface area contributed by atoms with Gasteiger partial charge in [0.1, 0.15) is 0 Å². The third kappa shape index (κ3) is 3.74. The average molecular weight is 344 g/mol. The van der Waals surface area contributed by atoms with Gasteiger partial charge in [0.15, 0.2) is 11.6 Å². The summed E-state index contributed by atoms with van der Waals surface area (Å²) in [5, 5.41) is 6.98. The molecule has 0 radical (unpaired) electrons. The van der Waals surface area contributed by atoms with E-state index < -0.39 is 0 Å². The van der Waals surface area contributed by atoms with E-state index in [0.29, 0.717) is 29.1 Å². The molecule has 0 saturated heterocycles. The van der Waals surface area contributed by atoms with Crippen molar-refractivity contribution in [3.63, 3.8) is 0 Å². The molecule has 124 valence electrons. The van der Waals surface area contributed by atoms with Gasteiger partial charge in [-0.05, 0) is 0 Å². The molecule has 2 aromatic heterocycles. The first-order chi connectivity index (χ1) is 11.7. The third-order valence-electron chi connectivity index (χ3n) is 3.21. The van der Waals surface area contributed by atoms with Crippen LogP contribution in [0.25, 0.3) is 11.4 Å². The molecule has 2 amide bonds. The maximum atomic E-state index is 12.2. The van der Waals surface area contributed by atoms with Crippen LogP contribution in [-0.4, -0.2) is 37.5 Å². The van der Waals surface area contributed by atoms with E-state index in [1.807, 2.05) is 37.3 Å². The van der Waals surface area contributed by atoms with Crippen LogP contribution in [0.2, 0.25) is 0 Å². The van der Waals surface area contributed by atoms with Crippen LogP contribution < -0.4 is 5.32 Å². The highest BCUT2D eigenvalue weighted by Crippen LogP contribution is 2.20. The van der Waals surface area contributed by atoms with Crippen molar-refractivity contribution in [2.45, 2.75) is 19.9 Å². The number of urea groups is 1. The van der Waals surface area contributed by atoms with Crippen molar-refractivity contribution in [2.24, 2.45) is 0 Å². The number of aromatic nitrogens is 4. The van der Waals surface area contributed by atoms with Crippen LogP contribution in [0.3, 0.4) is 0 Å². The Morgan fingerprint density at radius 1 is 1.29 bits per heavy atom. The number of anilines is 1. The molecule has 3 rings (SSSR count). The predicted octanol–water partition coefficient (Wildman–Crippen LogP) is 2.81. The molecule has 0 aliphatic rings. The lowest BCUT2D eigenvalue weighted by molar-refractivity contribution is 0.219. The third-order valence-corrected chi connectivity index (χ3v) is 3.84. The number of nitrogens with zero attached hydrogens (tertiary/aromatic N) is 5. The number of carbonyl (C=O) groups excluding carboxylic acids is 1. The standard InChI is InChI=1S/C15H16N6O2S/c1-3-12-16-11(19-23-12)9-21(2)15(22)18-14-17-13(20-24-14)10-7-5-4-6-8-10/h4-8H,3,9H2,1-2H3,(H,17,18,20,22). The molecule has 24 heavy (non-hydrogen) atoms. The SMILES string of the molecule is CCc1nc(CN(C)C(=O)Nc2nc(-c3ccccc3)ns2)no1. The molecule has 0 bridgehead atoms. The van der Waals surface area contributed by atoms with E-state index in [0.717, 1.165) is 17.1 Å². The Hall–Kier alpha value is -2.81. The highest BCUT2D eigenvalue weighted by Gasteiger charge is 2.15. The zero-order valence-electron chi connectivity index (χ0n) is 13.3. The summed E-state index contributed by atoms with van der Waals surface area (Å²) < 4.78 is 9.28. The largest absolute Gasteiger partial charge is 0.339 e. The molecule has 9 heteroatoms. The minimum absolute atomic E-state index is 0.250. The fourth-order valence-electron chi connectivity index (χ4n) is 1.95. The van der Waals surface area contributed by atoms with E-state index in [1.54, 1.807) is 7.05 Å². The van der Waals surface area contributed by atoms with E-state index in [-0.39, 0.29) is 12.6 Å². The van der Waals surface area contributed by atoms with Crippen molar-refractivity contribution in [3.8, 4) is 11.4 Å². The van der Waals surface area contributed by atoms with Gasteiger partial charge in [0.25, 0.3) is 0 Å². The maximum absolute atomic E-state index is 12.2. The van der Waals surface area contributed by atoms with E-state index in [1.165, 1.54) is 4.90 Å². The van der Waals surface area contributed by atoms with Crippen molar-refractivity contribution in [3.05, 3.63) is 42.0 Å². The van der Waals surface area contributed by atoms with Gasteiger partial charge < -0.3 is 9.42 Å². The van der Waals surface area contributed by atoms with Crippen LogP contribution >= 0.6 is 11.5 Å². The molecule has 1 N–H and O–H groups in total. The highest BCUT2D eigenvalue weighted by atomic mass is 32.1. The zero-order chi connectivity index (χ0) is 16.9. The molecule has 3 aromatic rings. The van der Waals surface area contributed by atoms with Gasteiger partial charge >= 0.3 is 6.03 Å². The molecule has 0 spiro atoms. The van der Waals surface area contributed by atoms with Gasteiger partial charge in [-0.3, -0.25) is 5.32 Å². The number of nitrogens with one attached hydrogen (secondary N) is 1. The number of rotatable bonds is 5. The molecular formula is C15H16N6O2S. The van der Waals surface area contributed by atoms with Crippen molar-refractivity contribution >= 4 is 22.7 Å². The summed E-state index contributed by atoms with van der Waals surface area (Å²) in [6.45, 7) is 2.17. The fraction of sp³-hybridized carbons (Fsp3) is 0.267. The first kappa shape index (κ1) is 16.1. The van der Waals surface area contributed by atoms with Gasteiger partial charge in [-0.15, -0.1) is 0 Å². The molecule has 0 aliphatic carbocycles. The summed E-state index contributed by atoms with van der Waals surface area (Å²) in [6, 6.07) is 9.28. The lowest BCUT2D eigenvalue weighted by Gasteiger charge is -2.14. The second-order valence-corrected chi connectivity index (χ2v) is 5.79. The Labute approximate surface area is 142 Å². The van der Waals surface area contributed by atoms with Crippen LogP contribution in [-0.2, 0) is 13.0 Å². The highest BCUT2D eigenvalue weighted by molar-refractivity contribution is 7.10. The first-order valence-electron chi connectivity index (χ1n) is 7.38. The Morgan fingerprint density at radius 2 is 2.08 bits per heavy atom. The van der Waals surface area contributed by atoms with Crippen molar-refractivity contribution in [1.29, 1.82) is 0 Å². The minimum Gasteiger partial charge on any atom is -0.339 e. The van der Waals surface area contributed by atoms with Crippen molar-refractivity contribution in [2.75, 3.05) is 12.4 Å². The van der Waals surface area contributed by atoms with Crippen molar-refractivity contribution in [1.82, 2.24) is 24.4 Å². The molecule has 1 aromatic carbocycles. The topological polar surface area (TPSA) is 97.0 Å². The number of carbonyl (C=O) groups is 1. The first-order valence-corrected chi connectivity index (χ1v) is 8.15. The molecule has 0 fully saturated rings. The van der Waals surface area contributed by atoms with Crippen LogP contribution in [0.5, 0.6) is 0 Å². The summed E-state index contributed by atoms with van der Waals surface area (Å²) >= 11 is 1.13. The monoisotopic (exact) mass is 344 g/mol. The number of benzene rings is 1. The number of amides is 2. The molecule has 0 atom stereocenters. The molecule has 0 saturated carbocycles. The fourth-order valence-corrected chi connectivity index (χ4v) is 2.53. The van der Waals surface area contributed by atoms with Gasteiger partial charge in [0.05, 0.1) is 6.54 Å². The minimum atomic E-state index is -0.311. The zero-order valence-corrected chi connectivity index (χ0v) is 14.1. The van der Waals surface area contributed by atoms with Crippen LogP contribution in [0, 0.1) is 0 Å². The Balaban J connectivity index is 1.61. The van der Waals surface area contributed by atoms with Gasteiger partial charge in [-0.1, -0.05) is 42.4 Å². The number of aryl methyl sites for hydroxylation is 1. The smallest absolute Gasteiger partial charge is 0.323 e. The Bertz CT molecular complexity index is 816. The molecule has 8 nitrogen and oxygen atoms in total. The van der Waals surface area contributed by atoms with Crippen molar-refractivity contribution < 1.29 is 9.32 Å². The summed E-state index contributed by atoms with van der Waals surface area (Å²) in [6.07, 6.45) is 0.663. The lowest BCUT2D eigenvalue weighted by Crippen LogP contribution is -2.31. The van der Waals surface area contributed by atoms with Crippen LogP contribution in [0.15, 0.2) is 34.9 Å². The number of hydrogen-bond donors (Lipinski definition) is 1. The summed E-state index contributed by atoms with van der Waals surface area (Å²) in [7, 11) is 1.65. The second kappa shape index (κ2) is 7.18. The summed E-state index contributed by atoms with van der Waals surface area (Å²) in [5.41, 5.74) is 0.904. The molecule has 0 aliphatic heterocycles. The van der Waals surface area contributed by atoms with E-state index >= 15 is 0 Å². The van der Waals surface area contributed by atoms with E-state index in [4.69, 9.17) is 4.52 Å². The van der Waals surface area contributed by atoms with Gasteiger partial charge in [0, 0.05) is 30.6 Å². The number of hydrogen-bond acceptors (Lipinski definition) is 7. The second-order valence-electron chi connectivity index (χ2n) is 5.03. The van der Waals surface area contributed by atoms with Gasteiger partial charge in [-0.2, -0.15) is 14.3 Å². The normalized spacial score (nSPS) is 10.6. The lowest BCUT2D eigenvalue weighted by atomic mass is 10.2. The Morgan fingerprint density at radius 3 is 2.79 bits per heavy atom. The predicted molar refractivity (Wildman–Crippen MR) is 89.5 cm³/mol. The molecule has 2 heterocycles. The summed E-state index contributed by atoms with van der Waals surface area (Å²) in [4.78, 5) is 22.2. The Kier molecular flexibility index (Phi) is 4.80. The van der Waals surface area contributed by atoms with E-state index in [2.05, 4.69) is 24.8 Å². The van der Waals surface area contributed by atoms with Gasteiger partial charge in [0.2, 0.25) is 11.0 Å². The molecule has 0 unspecified atom stereocenters. The van der Waals surface area contributed by atoms with Crippen LogP contribution in [0.4, 0.5) is 9.93 Å². The van der Waals surface area contributed by atoms with Crippen LogP contribution in [0.1, 0.15) is 18.6 Å². The van der Waals surface area contributed by atoms with Gasteiger partial charge in [-0.25, -0.2) is 4.79 Å². The molecular weight excluding hydrogens is 328 g/mol. The van der Waals surface area contributed by atoms with E-state index in [9.17, 15) is 4.79 Å². The quantitative estimate of drug-likeness (QED) is 0.764. The average Bonchev–Trinajstić information content (AvgIpc) is 3.25. The summed E-state index contributed by atoms with van der Waals surface area (Å²) in [5.74, 6) is 1.60.